The van der Waals surface area contributed by atoms with Gasteiger partial charge in [0.15, 0.2) is 0 Å². The van der Waals surface area contributed by atoms with Crippen LogP contribution in [0.5, 0.6) is 0 Å². The Kier molecular flexibility index (Phi) is 4.11. The molecule has 3 heterocycles. The van der Waals surface area contributed by atoms with Gasteiger partial charge in [-0.25, -0.2) is 9.97 Å². The van der Waals surface area contributed by atoms with Gasteiger partial charge in [0.2, 0.25) is 0 Å². The molecule has 0 amide bonds. The molecule has 2 aromatic rings. The maximum atomic E-state index is 5.48. The number of anilines is 1. The Bertz CT molecular complexity index is 672. The molecule has 0 radical (unpaired) electrons. The van der Waals surface area contributed by atoms with Gasteiger partial charge in [-0.2, -0.15) is 0 Å². The van der Waals surface area contributed by atoms with E-state index >= 15 is 0 Å². The molecule has 23 heavy (non-hydrogen) atoms. The second-order valence-electron chi connectivity index (χ2n) is 6.29. The van der Waals surface area contributed by atoms with Crippen LogP contribution < -0.4 is 5.32 Å². The molecule has 0 atom stereocenters. The fourth-order valence-electron chi connectivity index (χ4n) is 3.41. The molecule has 0 aromatic carbocycles. The molecule has 1 aliphatic heterocycles. The highest BCUT2D eigenvalue weighted by Crippen LogP contribution is 2.24. The standard InChI is InChI=1S/C18H22N4O/c1-2-5-14(4-1)21-18-16-7-9-22(12-15-6-3-11-23-15)10-8-17(16)19-13-20-18/h1-3,6,11,13-14H,4-5,7-10,12H2,(H,19,20,21). The quantitative estimate of drug-likeness (QED) is 0.880. The van der Waals surface area contributed by atoms with E-state index in [0.29, 0.717) is 6.04 Å². The lowest BCUT2D eigenvalue weighted by atomic mass is 10.1. The number of rotatable bonds is 4. The van der Waals surface area contributed by atoms with Crippen molar-refractivity contribution in [3.63, 3.8) is 0 Å². The highest BCUT2D eigenvalue weighted by atomic mass is 16.3. The summed E-state index contributed by atoms with van der Waals surface area (Å²) >= 11 is 0. The van der Waals surface area contributed by atoms with Crippen LogP contribution in [-0.2, 0) is 19.4 Å². The van der Waals surface area contributed by atoms with E-state index in [0.717, 1.165) is 56.9 Å². The van der Waals surface area contributed by atoms with Crippen molar-refractivity contribution in [3.05, 3.63) is 53.9 Å². The third-order valence-corrected chi connectivity index (χ3v) is 4.69. The summed E-state index contributed by atoms with van der Waals surface area (Å²) < 4.78 is 5.48. The van der Waals surface area contributed by atoms with Crippen molar-refractivity contribution in [2.45, 2.75) is 38.3 Å². The smallest absolute Gasteiger partial charge is 0.133 e. The highest BCUT2D eigenvalue weighted by molar-refractivity contribution is 5.48. The number of furan rings is 1. The van der Waals surface area contributed by atoms with Crippen LogP contribution in [0.4, 0.5) is 5.82 Å². The normalized spacial score (nSPS) is 18.8. The number of fused-ring (bicyclic) bond motifs is 1. The molecule has 5 nitrogen and oxygen atoms in total. The first-order chi connectivity index (χ1) is 11.4. The zero-order valence-electron chi connectivity index (χ0n) is 13.2. The zero-order chi connectivity index (χ0) is 15.5. The van der Waals surface area contributed by atoms with E-state index in [2.05, 4.69) is 32.3 Å². The molecule has 0 bridgehead atoms. The molecule has 0 unspecified atom stereocenters. The van der Waals surface area contributed by atoms with Crippen LogP contribution >= 0.6 is 0 Å². The number of aromatic nitrogens is 2. The maximum absolute atomic E-state index is 5.48. The van der Waals surface area contributed by atoms with Gasteiger partial charge in [0.25, 0.3) is 0 Å². The Balaban J connectivity index is 1.47. The van der Waals surface area contributed by atoms with E-state index in [-0.39, 0.29) is 0 Å². The van der Waals surface area contributed by atoms with Gasteiger partial charge in [-0.15, -0.1) is 0 Å². The van der Waals surface area contributed by atoms with Gasteiger partial charge in [-0.3, -0.25) is 4.90 Å². The molecular weight excluding hydrogens is 288 g/mol. The van der Waals surface area contributed by atoms with Gasteiger partial charge in [0.05, 0.1) is 18.5 Å². The van der Waals surface area contributed by atoms with Crippen LogP contribution in [0.25, 0.3) is 0 Å². The highest BCUT2D eigenvalue weighted by Gasteiger charge is 2.20. The molecule has 0 spiro atoms. The van der Waals surface area contributed by atoms with Crippen molar-refractivity contribution >= 4 is 5.82 Å². The molecule has 2 aliphatic rings. The first-order valence-corrected chi connectivity index (χ1v) is 8.37. The largest absolute Gasteiger partial charge is 0.468 e. The number of hydrogen-bond donors (Lipinski definition) is 1. The summed E-state index contributed by atoms with van der Waals surface area (Å²) in [5.74, 6) is 2.06. The third kappa shape index (κ3) is 3.29. The lowest BCUT2D eigenvalue weighted by molar-refractivity contribution is 0.255. The van der Waals surface area contributed by atoms with Gasteiger partial charge < -0.3 is 9.73 Å². The van der Waals surface area contributed by atoms with E-state index in [9.17, 15) is 0 Å². The minimum absolute atomic E-state index is 0.483. The van der Waals surface area contributed by atoms with Crippen molar-refractivity contribution in [3.8, 4) is 0 Å². The van der Waals surface area contributed by atoms with Crippen molar-refractivity contribution in [1.29, 1.82) is 0 Å². The van der Waals surface area contributed by atoms with Crippen LogP contribution in [0.15, 0.2) is 41.3 Å². The molecule has 4 rings (SSSR count). The van der Waals surface area contributed by atoms with Gasteiger partial charge in [0.1, 0.15) is 17.9 Å². The summed E-state index contributed by atoms with van der Waals surface area (Å²) in [6, 6.07) is 4.47. The minimum Gasteiger partial charge on any atom is -0.468 e. The maximum Gasteiger partial charge on any atom is 0.133 e. The summed E-state index contributed by atoms with van der Waals surface area (Å²) in [4.78, 5) is 11.5. The molecule has 120 valence electrons. The predicted octanol–water partition coefficient (Wildman–Crippen LogP) is 2.80. The molecule has 0 saturated carbocycles. The topological polar surface area (TPSA) is 54.2 Å². The first kappa shape index (κ1) is 14.5. The Morgan fingerprint density at radius 1 is 1.17 bits per heavy atom. The summed E-state index contributed by atoms with van der Waals surface area (Å²) in [6.07, 6.45) is 12.0. The molecule has 5 heteroatoms. The Hall–Kier alpha value is -2.14. The lowest BCUT2D eigenvalue weighted by Crippen LogP contribution is -2.25. The Labute approximate surface area is 136 Å². The first-order valence-electron chi connectivity index (χ1n) is 8.37. The predicted molar refractivity (Wildman–Crippen MR) is 89.2 cm³/mol. The monoisotopic (exact) mass is 310 g/mol. The van der Waals surface area contributed by atoms with E-state index in [4.69, 9.17) is 4.42 Å². The molecule has 1 N–H and O–H groups in total. The second kappa shape index (κ2) is 6.54. The molecule has 1 aliphatic carbocycles. The average molecular weight is 310 g/mol. The van der Waals surface area contributed by atoms with E-state index in [1.807, 2.05) is 12.1 Å². The molecular formula is C18H22N4O. The van der Waals surface area contributed by atoms with Gasteiger partial charge in [0, 0.05) is 31.1 Å². The minimum atomic E-state index is 0.483. The van der Waals surface area contributed by atoms with Crippen molar-refractivity contribution in [1.82, 2.24) is 14.9 Å². The number of hydrogen-bond acceptors (Lipinski definition) is 5. The van der Waals surface area contributed by atoms with Crippen LogP contribution in [-0.4, -0.2) is 34.0 Å². The van der Waals surface area contributed by atoms with Crippen molar-refractivity contribution in [2.24, 2.45) is 0 Å². The summed E-state index contributed by atoms with van der Waals surface area (Å²) in [6.45, 7) is 2.89. The van der Waals surface area contributed by atoms with Crippen LogP contribution in [0.3, 0.4) is 0 Å². The Morgan fingerprint density at radius 2 is 2.04 bits per heavy atom. The summed E-state index contributed by atoms with van der Waals surface area (Å²) in [7, 11) is 0. The van der Waals surface area contributed by atoms with Gasteiger partial charge in [-0.1, -0.05) is 12.2 Å². The average Bonchev–Trinajstić information content (AvgIpc) is 3.21. The lowest BCUT2D eigenvalue weighted by Gasteiger charge is -2.18. The van der Waals surface area contributed by atoms with E-state index < -0.39 is 0 Å². The zero-order valence-corrected chi connectivity index (χ0v) is 13.2. The molecule has 0 saturated heterocycles. The van der Waals surface area contributed by atoms with E-state index in [1.165, 1.54) is 11.3 Å². The van der Waals surface area contributed by atoms with Crippen LogP contribution in [0, 0.1) is 0 Å². The number of nitrogens with zero attached hydrogens (tertiary/aromatic N) is 3. The fourth-order valence-corrected chi connectivity index (χ4v) is 3.41. The van der Waals surface area contributed by atoms with Crippen molar-refractivity contribution in [2.75, 3.05) is 18.4 Å². The third-order valence-electron chi connectivity index (χ3n) is 4.69. The van der Waals surface area contributed by atoms with Gasteiger partial charge in [-0.05, 0) is 31.4 Å². The van der Waals surface area contributed by atoms with E-state index in [1.54, 1.807) is 12.6 Å². The Morgan fingerprint density at radius 3 is 2.87 bits per heavy atom. The summed E-state index contributed by atoms with van der Waals surface area (Å²) in [5.41, 5.74) is 2.48. The SMILES string of the molecule is C1=CCC(Nc2ncnc3c2CCN(Cc2ccco2)CC3)C1. The van der Waals surface area contributed by atoms with Crippen LogP contribution in [0.1, 0.15) is 29.9 Å². The summed E-state index contributed by atoms with van der Waals surface area (Å²) in [5, 5.41) is 3.61. The second-order valence-corrected chi connectivity index (χ2v) is 6.29. The number of nitrogens with one attached hydrogen (secondary N) is 1. The van der Waals surface area contributed by atoms with Crippen LogP contribution in [0.2, 0.25) is 0 Å². The van der Waals surface area contributed by atoms with Gasteiger partial charge >= 0.3 is 0 Å². The fraction of sp³-hybridized carbons (Fsp3) is 0.444. The molecule has 0 fully saturated rings. The van der Waals surface area contributed by atoms with Crippen molar-refractivity contribution < 1.29 is 4.42 Å². The molecule has 2 aromatic heterocycles.